The van der Waals surface area contributed by atoms with Crippen molar-refractivity contribution in [2.24, 2.45) is 0 Å². The van der Waals surface area contributed by atoms with Crippen molar-refractivity contribution in [2.75, 3.05) is 12.4 Å². The first-order valence-corrected chi connectivity index (χ1v) is 7.74. The zero-order chi connectivity index (χ0) is 18.6. The van der Waals surface area contributed by atoms with Crippen molar-refractivity contribution < 1.29 is 23.5 Å². The van der Waals surface area contributed by atoms with Gasteiger partial charge in [0.15, 0.2) is 5.60 Å². The Balaban J connectivity index is 2.14. The third kappa shape index (κ3) is 4.70. The minimum atomic E-state index is -1.21. The molecule has 0 bridgehead atoms. The van der Waals surface area contributed by atoms with Gasteiger partial charge in [0.25, 0.3) is 5.91 Å². The van der Waals surface area contributed by atoms with Crippen LogP contribution in [0.25, 0.3) is 0 Å². The molecular weight excluding hydrogens is 349 g/mol. The molecule has 0 saturated carbocycles. The Labute approximate surface area is 149 Å². The largest absolute Gasteiger partial charge is 0.478 e. The van der Waals surface area contributed by atoms with Gasteiger partial charge in [0.05, 0.1) is 12.7 Å². The van der Waals surface area contributed by atoms with E-state index in [0.29, 0.717) is 10.8 Å². The van der Waals surface area contributed by atoms with Gasteiger partial charge in [-0.15, -0.1) is 0 Å². The Morgan fingerprint density at radius 3 is 2.36 bits per heavy atom. The summed E-state index contributed by atoms with van der Waals surface area (Å²) in [6.45, 7) is 3.17. The van der Waals surface area contributed by atoms with E-state index in [4.69, 9.17) is 16.3 Å². The van der Waals surface area contributed by atoms with Crippen molar-refractivity contribution in [3.63, 3.8) is 0 Å². The molecule has 0 radical (unpaired) electrons. The first-order chi connectivity index (χ1) is 11.7. The molecule has 132 valence electrons. The summed E-state index contributed by atoms with van der Waals surface area (Å²) in [6.07, 6.45) is 0. The fraction of sp³-hybridized carbons (Fsp3) is 0.222. The SMILES string of the molecule is COC(=O)c1cc(NC(=O)C(C)(C)Oc2ccc(Cl)cc2)ccc1F. The van der Waals surface area contributed by atoms with Crippen LogP contribution in [0.4, 0.5) is 10.1 Å². The van der Waals surface area contributed by atoms with Crippen LogP contribution in [-0.2, 0) is 9.53 Å². The standard InChI is InChI=1S/C18H17ClFNO4/c1-18(2,25-13-7-4-11(19)5-8-13)17(23)21-12-6-9-15(20)14(10-12)16(22)24-3/h4-10H,1-3H3,(H,21,23). The molecule has 0 saturated heterocycles. The van der Waals surface area contributed by atoms with E-state index < -0.39 is 23.3 Å². The zero-order valence-electron chi connectivity index (χ0n) is 13.9. The lowest BCUT2D eigenvalue weighted by Gasteiger charge is -2.25. The highest BCUT2D eigenvalue weighted by atomic mass is 35.5. The molecular formula is C18H17ClFNO4. The van der Waals surface area contributed by atoms with Crippen LogP contribution < -0.4 is 10.1 Å². The monoisotopic (exact) mass is 365 g/mol. The van der Waals surface area contributed by atoms with Gasteiger partial charge >= 0.3 is 5.97 Å². The van der Waals surface area contributed by atoms with Crippen molar-refractivity contribution in [3.05, 3.63) is 58.9 Å². The number of benzene rings is 2. The van der Waals surface area contributed by atoms with Gasteiger partial charge < -0.3 is 14.8 Å². The Bertz CT molecular complexity index is 790. The highest BCUT2D eigenvalue weighted by Gasteiger charge is 2.30. The van der Waals surface area contributed by atoms with Crippen LogP contribution in [0.1, 0.15) is 24.2 Å². The second-order valence-electron chi connectivity index (χ2n) is 5.71. The smallest absolute Gasteiger partial charge is 0.340 e. The average molecular weight is 366 g/mol. The van der Waals surface area contributed by atoms with E-state index in [9.17, 15) is 14.0 Å². The van der Waals surface area contributed by atoms with Crippen LogP contribution in [0.2, 0.25) is 5.02 Å². The number of carbonyl (C=O) groups excluding carboxylic acids is 2. The molecule has 2 aromatic carbocycles. The molecule has 1 amide bonds. The second kappa shape index (κ2) is 7.53. The van der Waals surface area contributed by atoms with Gasteiger partial charge in [0.1, 0.15) is 11.6 Å². The Morgan fingerprint density at radius 1 is 1.12 bits per heavy atom. The normalized spacial score (nSPS) is 10.9. The Kier molecular flexibility index (Phi) is 5.64. The van der Waals surface area contributed by atoms with Crippen LogP contribution in [0, 0.1) is 5.82 Å². The number of rotatable bonds is 5. The fourth-order valence-corrected chi connectivity index (χ4v) is 2.12. The number of hydrogen-bond acceptors (Lipinski definition) is 4. The molecule has 1 N–H and O–H groups in total. The van der Waals surface area contributed by atoms with Gasteiger partial charge in [-0.05, 0) is 56.3 Å². The molecule has 25 heavy (non-hydrogen) atoms. The molecule has 0 fully saturated rings. The summed E-state index contributed by atoms with van der Waals surface area (Å²) in [7, 11) is 1.15. The van der Waals surface area contributed by atoms with Crippen molar-refractivity contribution >= 4 is 29.2 Å². The third-order valence-corrected chi connectivity index (χ3v) is 3.61. The molecule has 0 aliphatic carbocycles. The first-order valence-electron chi connectivity index (χ1n) is 7.37. The van der Waals surface area contributed by atoms with Gasteiger partial charge in [-0.25, -0.2) is 9.18 Å². The van der Waals surface area contributed by atoms with E-state index >= 15 is 0 Å². The summed E-state index contributed by atoms with van der Waals surface area (Å²) < 4.78 is 23.8. The van der Waals surface area contributed by atoms with E-state index in [1.807, 2.05) is 0 Å². The molecule has 0 unspecified atom stereocenters. The molecule has 2 rings (SSSR count). The van der Waals surface area contributed by atoms with Crippen LogP contribution in [0.5, 0.6) is 5.75 Å². The molecule has 0 spiro atoms. The summed E-state index contributed by atoms with van der Waals surface area (Å²) in [5.74, 6) is -1.56. The zero-order valence-corrected chi connectivity index (χ0v) is 14.7. The number of hydrogen-bond donors (Lipinski definition) is 1. The summed E-state index contributed by atoms with van der Waals surface area (Å²) in [5, 5.41) is 3.15. The second-order valence-corrected chi connectivity index (χ2v) is 6.14. The van der Waals surface area contributed by atoms with Crippen molar-refractivity contribution in [1.82, 2.24) is 0 Å². The first kappa shape index (κ1) is 18.7. The van der Waals surface area contributed by atoms with Gasteiger partial charge in [-0.2, -0.15) is 0 Å². The predicted molar refractivity (Wildman–Crippen MR) is 92.5 cm³/mol. The number of esters is 1. The van der Waals surface area contributed by atoms with Crippen LogP contribution in [0.3, 0.4) is 0 Å². The van der Waals surface area contributed by atoms with Crippen LogP contribution in [-0.4, -0.2) is 24.6 Å². The number of nitrogens with one attached hydrogen (secondary N) is 1. The minimum absolute atomic E-state index is 0.250. The van der Waals surface area contributed by atoms with E-state index in [1.54, 1.807) is 38.1 Å². The summed E-state index contributed by atoms with van der Waals surface area (Å²) in [6, 6.07) is 10.2. The molecule has 2 aromatic rings. The minimum Gasteiger partial charge on any atom is -0.478 e. The third-order valence-electron chi connectivity index (χ3n) is 3.36. The summed E-state index contributed by atoms with van der Waals surface area (Å²) in [4.78, 5) is 24.0. The summed E-state index contributed by atoms with van der Waals surface area (Å²) in [5.41, 5.74) is -1.23. The Hall–Kier alpha value is -2.60. The maximum absolute atomic E-state index is 13.6. The average Bonchev–Trinajstić information content (AvgIpc) is 2.57. The van der Waals surface area contributed by atoms with Crippen molar-refractivity contribution in [2.45, 2.75) is 19.4 Å². The fourth-order valence-electron chi connectivity index (χ4n) is 1.99. The van der Waals surface area contributed by atoms with E-state index in [2.05, 4.69) is 10.1 Å². The number of ether oxygens (including phenoxy) is 2. The maximum atomic E-state index is 13.6. The molecule has 0 aromatic heterocycles. The van der Waals surface area contributed by atoms with Gasteiger partial charge in [-0.3, -0.25) is 4.79 Å². The van der Waals surface area contributed by atoms with Crippen LogP contribution in [0.15, 0.2) is 42.5 Å². The quantitative estimate of drug-likeness (QED) is 0.811. The molecule has 5 nitrogen and oxygen atoms in total. The highest BCUT2D eigenvalue weighted by molar-refractivity contribution is 6.30. The van der Waals surface area contributed by atoms with Crippen LogP contribution >= 0.6 is 11.6 Å². The molecule has 0 heterocycles. The molecule has 0 aliphatic heterocycles. The number of anilines is 1. The predicted octanol–water partition coefficient (Wildman–Crippen LogP) is 4.06. The summed E-state index contributed by atoms with van der Waals surface area (Å²) >= 11 is 5.81. The maximum Gasteiger partial charge on any atom is 0.340 e. The topological polar surface area (TPSA) is 64.6 Å². The number of amides is 1. The lowest BCUT2D eigenvalue weighted by atomic mass is 10.1. The molecule has 0 atom stereocenters. The number of halogens is 2. The van der Waals surface area contributed by atoms with E-state index in [0.717, 1.165) is 13.2 Å². The number of methoxy groups -OCH3 is 1. The lowest BCUT2D eigenvalue weighted by molar-refractivity contribution is -0.128. The number of carbonyl (C=O) groups is 2. The van der Waals surface area contributed by atoms with Gasteiger partial charge in [0, 0.05) is 10.7 Å². The van der Waals surface area contributed by atoms with Crippen molar-refractivity contribution in [3.8, 4) is 5.75 Å². The van der Waals surface area contributed by atoms with E-state index in [-0.39, 0.29) is 11.3 Å². The Morgan fingerprint density at radius 2 is 1.76 bits per heavy atom. The molecule has 7 heteroatoms. The lowest BCUT2D eigenvalue weighted by Crippen LogP contribution is -2.42. The van der Waals surface area contributed by atoms with Gasteiger partial charge in [-0.1, -0.05) is 11.6 Å². The van der Waals surface area contributed by atoms with E-state index in [1.165, 1.54) is 12.1 Å². The highest BCUT2D eigenvalue weighted by Crippen LogP contribution is 2.23. The molecule has 0 aliphatic rings. The van der Waals surface area contributed by atoms with Gasteiger partial charge in [0.2, 0.25) is 0 Å². The van der Waals surface area contributed by atoms with Crippen molar-refractivity contribution in [1.29, 1.82) is 0 Å².